The minimum absolute atomic E-state index is 0.117. The molecule has 0 radical (unpaired) electrons. The number of hydrogen-bond donors (Lipinski definition) is 1. The molecule has 1 amide bonds. The summed E-state index contributed by atoms with van der Waals surface area (Å²) in [6.07, 6.45) is 1.85. The summed E-state index contributed by atoms with van der Waals surface area (Å²) in [5, 5.41) is 13.1. The molecule has 20 heavy (non-hydrogen) atoms. The third kappa shape index (κ3) is 2.71. The molecule has 0 aliphatic carbocycles. The van der Waals surface area contributed by atoms with Gasteiger partial charge < -0.3 is 10.0 Å². The van der Waals surface area contributed by atoms with E-state index in [4.69, 9.17) is 5.11 Å². The highest BCUT2D eigenvalue weighted by molar-refractivity contribution is 5.95. The first-order chi connectivity index (χ1) is 9.54. The molecule has 7 nitrogen and oxygen atoms in total. The summed E-state index contributed by atoms with van der Waals surface area (Å²) >= 11 is 0. The monoisotopic (exact) mass is 279 g/mol. The molecule has 0 saturated carbocycles. The van der Waals surface area contributed by atoms with Gasteiger partial charge in [-0.15, -0.1) is 0 Å². The summed E-state index contributed by atoms with van der Waals surface area (Å²) in [5.41, 5.74) is -0.147. The number of rotatable bonds is 4. The SMILES string of the molecule is CCCn1nc(C(=O)N2CCC[C@H]2C(=O)O)ccc1=O. The number of aliphatic carboxylic acids is 1. The van der Waals surface area contributed by atoms with E-state index in [1.54, 1.807) is 0 Å². The number of aromatic nitrogens is 2. The number of aryl methyl sites for hydroxylation is 1. The van der Waals surface area contributed by atoms with Crippen LogP contribution >= 0.6 is 0 Å². The maximum atomic E-state index is 12.3. The summed E-state index contributed by atoms with van der Waals surface area (Å²) in [5.74, 6) is -1.43. The van der Waals surface area contributed by atoms with Gasteiger partial charge >= 0.3 is 5.97 Å². The Hall–Kier alpha value is -2.18. The topological polar surface area (TPSA) is 92.5 Å². The fourth-order valence-corrected chi connectivity index (χ4v) is 2.35. The van der Waals surface area contributed by atoms with Crippen molar-refractivity contribution in [3.63, 3.8) is 0 Å². The number of carbonyl (C=O) groups is 2. The molecule has 1 aliphatic heterocycles. The maximum absolute atomic E-state index is 12.3. The van der Waals surface area contributed by atoms with Crippen LogP contribution in [0.4, 0.5) is 0 Å². The Bertz CT molecular complexity index is 581. The second-order valence-electron chi connectivity index (χ2n) is 4.77. The number of nitrogens with zero attached hydrogens (tertiary/aromatic N) is 3. The number of amides is 1. The molecule has 2 heterocycles. The van der Waals surface area contributed by atoms with Crippen LogP contribution < -0.4 is 5.56 Å². The molecule has 1 aliphatic rings. The smallest absolute Gasteiger partial charge is 0.326 e. The molecular formula is C13H17N3O4. The van der Waals surface area contributed by atoms with Crippen LogP contribution in [0, 0.1) is 0 Å². The molecule has 0 bridgehead atoms. The molecule has 108 valence electrons. The van der Waals surface area contributed by atoms with Gasteiger partial charge in [-0.2, -0.15) is 5.10 Å². The highest BCUT2D eigenvalue weighted by atomic mass is 16.4. The van der Waals surface area contributed by atoms with Crippen LogP contribution in [-0.4, -0.2) is 44.3 Å². The second-order valence-corrected chi connectivity index (χ2v) is 4.77. The first-order valence-corrected chi connectivity index (χ1v) is 6.66. The quantitative estimate of drug-likeness (QED) is 0.858. The van der Waals surface area contributed by atoms with Crippen molar-refractivity contribution >= 4 is 11.9 Å². The normalized spacial score (nSPS) is 18.2. The average Bonchev–Trinajstić information content (AvgIpc) is 2.90. The van der Waals surface area contributed by atoms with E-state index in [0.29, 0.717) is 25.9 Å². The predicted octanol–water partition coefficient (Wildman–Crippen LogP) is 0.342. The van der Waals surface area contributed by atoms with E-state index in [2.05, 4.69) is 5.10 Å². The molecule has 1 fully saturated rings. The minimum atomic E-state index is -1.00. The second kappa shape index (κ2) is 5.85. The Morgan fingerprint density at radius 2 is 2.20 bits per heavy atom. The van der Waals surface area contributed by atoms with Crippen molar-refractivity contribution < 1.29 is 14.7 Å². The third-order valence-electron chi connectivity index (χ3n) is 3.32. The largest absolute Gasteiger partial charge is 0.480 e. The zero-order chi connectivity index (χ0) is 14.7. The zero-order valence-electron chi connectivity index (χ0n) is 11.3. The first kappa shape index (κ1) is 14.2. The average molecular weight is 279 g/mol. The maximum Gasteiger partial charge on any atom is 0.326 e. The van der Waals surface area contributed by atoms with Crippen molar-refractivity contribution in [2.24, 2.45) is 0 Å². The lowest BCUT2D eigenvalue weighted by Gasteiger charge is -2.21. The lowest BCUT2D eigenvalue weighted by atomic mass is 10.2. The molecule has 7 heteroatoms. The number of carboxylic acid groups (broad SMARTS) is 1. The lowest BCUT2D eigenvalue weighted by Crippen LogP contribution is -2.41. The van der Waals surface area contributed by atoms with Gasteiger partial charge in [-0.1, -0.05) is 6.92 Å². The summed E-state index contributed by atoms with van der Waals surface area (Å²) in [4.78, 5) is 36.3. The Balaban J connectivity index is 2.27. The predicted molar refractivity (Wildman–Crippen MR) is 70.5 cm³/mol. The molecule has 1 aromatic heterocycles. The summed E-state index contributed by atoms with van der Waals surface area (Å²) in [7, 11) is 0. The number of hydrogen-bond acceptors (Lipinski definition) is 4. The molecule has 1 aromatic rings. The van der Waals surface area contributed by atoms with E-state index in [-0.39, 0.29) is 11.3 Å². The molecule has 1 N–H and O–H groups in total. The van der Waals surface area contributed by atoms with Gasteiger partial charge in [-0.25, -0.2) is 9.48 Å². The zero-order valence-corrected chi connectivity index (χ0v) is 11.3. The van der Waals surface area contributed by atoms with Gasteiger partial charge in [0.25, 0.3) is 11.5 Å². The Morgan fingerprint density at radius 3 is 2.85 bits per heavy atom. The number of carbonyl (C=O) groups excluding carboxylic acids is 1. The minimum Gasteiger partial charge on any atom is -0.480 e. The van der Waals surface area contributed by atoms with Crippen LogP contribution in [0.3, 0.4) is 0 Å². The first-order valence-electron chi connectivity index (χ1n) is 6.66. The van der Waals surface area contributed by atoms with Crippen molar-refractivity contribution in [2.45, 2.75) is 38.8 Å². The fraction of sp³-hybridized carbons (Fsp3) is 0.538. The van der Waals surface area contributed by atoms with E-state index in [9.17, 15) is 14.4 Å². The number of carboxylic acids is 1. The summed E-state index contributed by atoms with van der Waals surface area (Å²) < 4.78 is 1.24. The molecule has 0 aromatic carbocycles. The van der Waals surface area contributed by atoms with Crippen molar-refractivity contribution in [2.75, 3.05) is 6.54 Å². The Morgan fingerprint density at radius 1 is 1.45 bits per heavy atom. The van der Waals surface area contributed by atoms with Crippen LogP contribution in [0.15, 0.2) is 16.9 Å². The summed E-state index contributed by atoms with van der Waals surface area (Å²) in [6.45, 7) is 2.75. The van der Waals surface area contributed by atoms with Crippen molar-refractivity contribution in [1.29, 1.82) is 0 Å². The van der Waals surface area contributed by atoms with E-state index in [0.717, 1.165) is 6.42 Å². The summed E-state index contributed by atoms with van der Waals surface area (Å²) in [6, 6.07) is 1.85. The van der Waals surface area contributed by atoms with Crippen LogP contribution in [-0.2, 0) is 11.3 Å². The van der Waals surface area contributed by atoms with Crippen LogP contribution in [0.25, 0.3) is 0 Å². The highest BCUT2D eigenvalue weighted by Crippen LogP contribution is 2.19. The van der Waals surface area contributed by atoms with E-state index in [1.165, 1.54) is 21.7 Å². The molecular weight excluding hydrogens is 262 g/mol. The van der Waals surface area contributed by atoms with Crippen LogP contribution in [0.2, 0.25) is 0 Å². The third-order valence-corrected chi connectivity index (χ3v) is 3.32. The highest BCUT2D eigenvalue weighted by Gasteiger charge is 2.35. The van der Waals surface area contributed by atoms with E-state index in [1.807, 2.05) is 6.92 Å². The molecule has 2 rings (SSSR count). The Kier molecular flexibility index (Phi) is 4.16. The molecule has 0 unspecified atom stereocenters. The van der Waals surface area contributed by atoms with Gasteiger partial charge in [0.1, 0.15) is 11.7 Å². The van der Waals surface area contributed by atoms with E-state index < -0.39 is 17.9 Å². The van der Waals surface area contributed by atoms with Crippen LogP contribution in [0.1, 0.15) is 36.7 Å². The van der Waals surface area contributed by atoms with Gasteiger partial charge in [0.05, 0.1) is 0 Å². The van der Waals surface area contributed by atoms with Crippen molar-refractivity contribution in [3.8, 4) is 0 Å². The van der Waals surface area contributed by atoms with Gasteiger partial charge in [-0.05, 0) is 25.3 Å². The van der Waals surface area contributed by atoms with Gasteiger partial charge in [0, 0.05) is 19.2 Å². The van der Waals surface area contributed by atoms with Crippen LogP contribution in [0.5, 0.6) is 0 Å². The van der Waals surface area contributed by atoms with Gasteiger partial charge in [0.15, 0.2) is 0 Å². The molecule has 1 saturated heterocycles. The Labute approximate surface area is 115 Å². The van der Waals surface area contributed by atoms with Crippen molar-refractivity contribution in [3.05, 3.63) is 28.2 Å². The van der Waals surface area contributed by atoms with Crippen molar-refractivity contribution in [1.82, 2.24) is 14.7 Å². The standard InChI is InChI=1S/C13H17N3O4/c1-2-7-16-11(17)6-5-9(14-16)12(18)15-8-3-4-10(15)13(19)20/h5-6,10H,2-4,7-8H2,1H3,(H,19,20)/t10-/m0/s1. The van der Waals surface area contributed by atoms with E-state index >= 15 is 0 Å². The number of likely N-dealkylation sites (tertiary alicyclic amines) is 1. The molecule has 0 spiro atoms. The fourth-order valence-electron chi connectivity index (χ4n) is 2.35. The lowest BCUT2D eigenvalue weighted by molar-refractivity contribution is -0.141. The van der Waals surface area contributed by atoms with Gasteiger partial charge in [0.2, 0.25) is 0 Å². The molecule has 1 atom stereocenters. The van der Waals surface area contributed by atoms with Gasteiger partial charge in [-0.3, -0.25) is 9.59 Å².